The van der Waals surface area contributed by atoms with Gasteiger partial charge in [0.1, 0.15) is 0 Å². The molecule has 0 bridgehead atoms. The predicted molar refractivity (Wildman–Crippen MR) is 97.8 cm³/mol. The molecular formula is C19H16ClF3N4O. The van der Waals surface area contributed by atoms with Crippen molar-refractivity contribution in [2.24, 2.45) is 0 Å². The smallest absolute Gasteiger partial charge is 0.336 e. The van der Waals surface area contributed by atoms with Gasteiger partial charge >= 0.3 is 6.18 Å². The van der Waals surface area contributed by atoms with Crippen LogP contribution in [-0.4, -0.2) is 32.8 Å². The number of hydrogen-bond acceptors (Lipinski definition) is 3. The molecule has 0 aliphatic heterocycles. The van der Waals surface area contributed by atoms with Crippen molar-refractivity contribution in [2.45, 2.75) is 19.3 Å². The number of carbonyl (C=O) groups excluding carboxylic acids is 1. The first-order valence-corrected chi connectivity index (χ1v) is 8.67. The van der Waals surface area contributed by atoms with Crippen LogP contribution in [0.2, 0.25) is 5.02 Å². The van der Waals surface area contributed by atoms with E-state index in [1.54, 1.807) is 18.2 Å². The maximum Gasteiger partial charge on any atom is 0.416 e. The zero-order valence-electron chi connectivity index (χ0n) is 14.8. The maximum atomic E-state index is 13.1. The lowest BCUT2D eigenvalue weighted by atomic mass is 10.1. The highest BCUT2D eigenvalue weighted by Gasteiger charge is 2.33. The van der Waals surface area contributed by atoms with Gasteiger partial charge in [0, 0.05) is 18.6 Å². The Morgan fingerprint density at radius 2 is 1.93 bits per heavy atom. The molecule has 0 saturated heterocycles. The molecule has 1 amide bonds. The molecule has 1 heterocycles. The van der Waals surface area contributed by atoms with E-state index in [1.165, 1.54) is 41.0 Å². The van der Waals surface area contributed by atoms with Crippen LogP contribution >= 0.6 is 11.6 Å². The van der Waals surface area contributed by atoms with Gasteiger partial charge in [0.25, 0.3) is 5.91 Å². The topological polar surface area (TPSA) is 51.0 Å². The van der Waals surface area contributed by atoms with Crippen molar-refractivity contribution in [2.75, 3.05) is 7.05 Å². The van der Waals surface area contributed by atoms with Gasteiger partial charge in [0.05, 0.1) is 18.3 Å². The molecule has 146 valence electrons. The van der Waals surface area contributed by atoms with Crippen LogP contribution in [0.5, 0.6) is 0 Å². The molecule has 3 rings (SSSR count). The third-order valence-electron chi connectivity index (χ3n) is 4.07. The number of rotatable bonds is 5. The Morgan fingerprint density at radius 1 is 1.18 bits per heavy atom. The molecule has 0 radical (unpaired) electrons. The fraction of sp³-hybridized carbons (Fsp3) is 0.211. The molecule has 0 N–H and O–H groups in total. The first-order valence-electron chi connectivity index (χ1n) is 8.29. The molecule has 0 aliphatic rings. The zero-order valence-corrected chi connectivity index (χ0v) is 15.6. The van der Waals surface area contributed by atoms with Crippen molar-refractivity contribution in [1.29, 1.82) is 0 Å². The molecule has 2 aromatic carbocycles. The number of alkyl halides is 3. The lowest BCUT2D eigenvalue weighted by Crippen LogP contribution is -2.27. The van der Waals surface area contributed by atoms with Crippen LogP contribution in [0.1, 0.15) is 27.2 Å². The van der Waals surface area contributed by atoms with Crippen molar-refractivity contribution >= 4 is 17.5 Å². The predicted octanol–water partition coefficient (Wildman–Crippen LogP) is 4.27. The van der Waals surface area contributed by atoms with Crippen molar-refractivity contribution in [3.05, 3.63) is 82.1 Å². The first-order chi connectivity index (χ1) is 13.2. The first kappa shape index (κ1) is 19.9. The van der Waals surface area contributed by atoms with Gasteiger partial charge in [-0.2, -0.15) is 13.2 Å². The summed E-state index contributed by atoms with van der Waals surface area (Å²) in [5, 5.41) is 8.32. The SMILES string of the molecule is CN(Cc1ccccc1C(F)(F)F)C(=O)c1cn(Cc2cccc(Cl)c2)nn1. The average Bonchev–Trinajstić information content (AvgIpc) is 3.09. The number of hydrogen-bond donors (Lipinski definition) is 0. The van der Waals surface area contributed by atoms with Crippen LogP contribution in [-0.2, 0) is 19.3 Å². The third-order valence-corrected chi connectivity index (χ3v) is 4.30. The van der Waals surface area contributed by atoms with E-state index in [4.69, 9.17) is 11.6 Å². The van der Waals surface area contributed by atoms with Crippen molar-refractivity contribution in [3.8, 4) is 0 Å². The van der Waals surface area contributed by atoms with E-state index in [2.05, 4.69) is 10.3 Å². The Kier molecular flexibility index (Phi) is 5.69. The molecular weight excluding hydrogens is 393 g/mol. The fourth-order valence-electron chi connectivity index (χ4n) is 2.75. The van der Waals surface area contributed by atoms with E-state index in [0.29, 0.717) is 11.6 Å². The summed E-state index contributed by atoms with van der Waals surface area (Å²) >= 11 is 5.94. The van der Waals surface area contributed by atoms with Crippen LogP contribution in [0.25, 0.3) is 0 Å². The van der Waals surface area contributed by atoms with Crippen LogP contribution in [0, 0.1) is 0 Å². The molecule has 5 nitrogen and oxygen atoms in total. The lowest BCUT2D eigenvalue weighted by molar-refractivity contribution is -0.138. The van der Waals surface area contributed by atoms with Crippen LogP contribution in [0.3, 0.4) is 0 Å². The number of carbonyl (C=O) groups is 1. The van der Waals surface area contributed by atoms with E-state index in [-0.39, 0.29) is 17.8 Å². The van der Waals surface area contributed by atoms with Crippen LogP contribution in [0.4, 0.5) is 13.2 Å². The lowest BCUT2D eigenvalue weighted by Gasteiger charge is -2.19. The summed E-state index contributed by atoms with van der Waals surface area (Å²) in [5.41, 5.74) is 0.175. The second kappa shape index (κ2) is 8.02. The minimum atomic E-state index is -4.49. The van der Waals surface area contributed by atoms with E-state index in [9.17, 15) is 18.0 Å². The summed E-state index contributed by atoms with van der Waals surface area (Å²) in [7, 11) is 1.42. The highest BCUT2D eigenvalue weighted by atomic mass is 35.5. The molecule has 0 atom stereocenters. The zero-order chi connectivity index (χ0) is 20.3. The van der Waals surface area contributed by atoms with Gasteiger partial charge in [-0.15, -0.1) is 5.10 Å². The van der Waals surface area contributed by atoms with Gasteiger partial charge in [0.15, 0.2) is 5.69 Å². The Balaban J connectivity index is 1.72. The normalized spacial score (nSPS) is 11.5. The quantitative estimate of drug-likeness (QED) is 0.633. The van der Waals surface area contributed by atoms with Crippen molar-refractivity contribution in [1.82, 2.24) is 19.9 Å². The van der Waals surface area contributed by atoms with Crippen LogP contribution < -0.4 is 0 Å². The summed E-state index contributed by atoms with van der Waals surface area (Å²) in [6.07, 6.45) is -3.03. The van der Waals surface area contributed by atoms with Crippen LogP contribution in [0.15, 0.2) is 54.7 Å². The minimum absolute atomic E-state index is 0.0113. The Morgan fingerprint density at radius 3 is 2.64 bits per heavy atom. The van der Waals surface area contributed by atoms with Gasteiger partial charge < -0.3 is 4.90 Å². The van der Waals surface area contributed by atoms with Gasteiger partial charge in [0.2, 0.25) is 0 Å². The molecule has 3 aromatic rings. The van der Waals surface area contributed by atoms with Gasteiger partial charge in [-0.1, -0.05) is 47.1 Å². The van der Waals surface area contributed by atoms with E-state index >= 15 is 0 Å². The third kappa shape index (κ3) is 4.69. The van der Waals surface area contributed by atoms with E-state index in [0.717, 1.165) is 11.6 Å². The summed E-state index contributed by atoms with van der Waals surface area (Å²) in [5.74, 6) is -0.519. The molecule has 9 heteroatoms. The Bertz CT molecular complexity index is 987. The van der Waals surface area contributed by atoms with Gasteiger partial charge in [-0.3, -0.25) is 4.79 Å². The second-order valence-electron chi connectivity index (χ2n) is 6.25. The maximum absolute atomic E-state index is 13.1. The molecule has 1 aromatic heterocycles. The minimum Gasteiger partial charge on any atom is -0.336 e. The molecule has 0 saturated carbocycles. The molecule has 0 unspecified atom stereocenters. The largest absolute Gasteiger partial charge is 0.416 e. The molecule has 0 spiro atoms. The number of benzene rings is 2. The fourth-order valence-corrected chi connectivity index (χ4v) is 2.97. The number of aromatic nitrogens is 3. The van der Waals surface area contributed by atoms with Gasteiger partial charge in [-0.25, -0.2) is 4.68 Å². The monoisotopic (exact) mass is 408 g/mol. The summed E-state index contributed by atoms with van der Waals surface area (Å²) in [6.45, 7) is 0.164. The second-order valence-corrected chi connectivity index (χ2v) is 6.68. The van der Waals surface area contributed by atoms with E-state index < -0.39 is 17.6 Å². The number of halogens is 4. The highest BCUT2D eigenvalue weighted by Crippen LogP contribution is 2.32. The Hall–Kier alpha value is -2.87. The summed E-state index contributed by atoms with van der Waals surface area (Å²) < 4.78 is 40.8. The molecule has 28 heavy (non-hydrogen) atoms. The standard InChI is InChI=1S/C19H16ClF3N4O/c1-26(11-14-6-2-3-8-16(14)19(21,22)23)18(28)17-12-27(25-24-17)10-13-5-4-7-15(20)9-13/h2-9,12H,10-11H2,1H3. The van der Waals surface area contributed by atoms with Crippen molar-refractivity contribution in [3.63, 3.8) is 0 Å². The van der Waals surface area contributed by atoms with E-state index in [1.807, 2.05) is 6.07 Å². The average molecular weight is 409 g/mol. The highest BCUT2D eigenvalue weighted by molar-refractivity contribution is 6.30. The number of nitrogens with zero attached hydrogens (tertiary/aromatic N) is 4. The molecule has 0 fully saturated rings. The van der Waals surface area contributed by atoms with Gasteiger partial charge in [-0.05, 0) is 29.3 Å². The van der Waals surface area contributed by atoms with Crippen molar-refractivity contribution < 1.29 is 18.0 Å². The number of amides is 1. The summed E-state index contributed by atoms with van der Waals surface area (Å²) in [6, 6.07) is 12.3. The molecule has 0 aliphatic carbocycles. The Labute approximate surface area is 164 Å². The summed E-state index contributed by atoms with van der Waals surface area (Å²) in [4.78, 5) is 13.7.